The van der Waals surface area contributed by atoms with Crippen molar-refractivity contribution in [2.75, 3.05) is 13.1 Å². The molecule has 5 heteroatoms. The molecule has 2 fully saturated rings. The molecule has 2 atom stereocenters. The van der Waals surface area contributed by atoms with Crippen LogP contribution >= 0.6 is 15.9 Å². The number of piperidine rings is 1. The molecule has 2 rings (SSSR count). The predicted octanol–water partition coefficient (Wildman–Crippen LogP) is 0.261. The number of amides is 2. The number of hydrogen-bond donors (Lipinski definition) is 1. The quantitative estimate of drug-likeness (QED) is 0.688. The van der Waals surface area contributed by atoms with Gasteiger partial charge < -0.3 is 10.2 Å². The summed E-state index contributed by atoms with van der Waals surface area (Å²) >= 11 is 3.41. The van der Waals surface area contributed by atoms with Gasteiger partial charge in [0.2, 0.25) is 11.8 Å². The number of carbonyl (C=O) groups is 2. The second-order valence-electron chi connectivity index (χ2n) is 3.80. The van der Waals surface area contributed by atoms with Gasteiger partial charge in [-0.3, -0.25) is 9.59 Å². The van der Waals surface area contributed by atoms with E-state index in [0.29, 0.717) is 13.0 Å². The van der Waals surface area contributed by atoms with Crippen LogP contribution in [0.2, 0.25) is 0 Å². The van der Waals surface area contributed by atoms with Crippen molar-refractivity contribution in [3.63, 3.8) is 0 Å². The molecule has 2 aliphatic heterocycles. The fourth-order valence-corrected chi connectivity index (χ4v) is 2.63. The maximum absolute atomic E-state index is 11.5. The summed E-state index contributed by atoms with van der Waals surface area (Å²) in [6.45, 7) is 1.41. The number of likely N-dealkylation sites (tertiary alicyclic amines) is 1. The molecule has 78 valence electrons. The molecule has 0 spiro atoms. The predicted molar refractivity (Wildman–Crippen MR) is 55.1 cm³/mol. The summed E-state index contributed by atoms with van der Waals surface area (Å²) in [7, 11) is 0. The minimum Gasteiger partial charge on any atom is -0.354 e. The molecule has 1 N–H and O–H groups in total. The smallest absolute Gasteiger partial charge is 0.242 e. The minimum absolute atomic E-state index is 0.00574. The molecule has 0 aromatic rings. The zero-order chi connectivity index (χ0) is 10.1. The Bertz CT molecular complexity index is 262. The topological polar surface area (TPSA) is 49.4 Å². The average Bonchev–Trinajstić information content (AvgIpc) is 2.46. The van der Waals surface area contributed by atoms with Crippen LogP contribution in [-0.4, -0.2) is 40.7 Å². The summed E-state index contributed by atoms with van der Waals surface area (Å²) in [4.78, 5) is 25.0. The normalized spacial score (nSPS) is 33.4. The lowest BCUT2D eigenvalue weighted by molar-refractivity contribution is -0.138. The van der Waals surface area contributed by atoms with Crippen LogP contribution in [0.5, 0.6) is 0 Å². The van der Waals surface area contributed by atoms with E-state index in [4.69, 9.17) is 0 Å². The van der Waals surface area contributed by atoms with E-state index in [1.54, 1.807) is 4.90 Å². The fourth-order valence-electron chi connectivity index (χ4n) is 2.04. The second-order valence-corrected chi connectivity index (χ2v) is 5.09. The number of carbonyl (C=O) groups excluding carboxylic acids is 2. The lowest BCUT2D eigenvalue weighted by atomic mass is 10.1. The molecule has 0 radical (unpaired) electrons. The van der Waals surface area contributed by atoms with Crippen molar-refractivity contribution >= 4 is 27.7 Å². The zero-order valence-electron chi connectivity index (χ0n) is 7.83. The average molecular weight is 261 g/mol. The largest absolute Gasteiger partial charge is 0.354 e. The molecule has 0 saturated carbocycles. The molecule has 2 amide bonds. The van der Waals surface area contributed by atoms with Gasteiger partial charge >= 0.3 is 0 Å². The molecular weight excluding hydrogens is 248 g/mol. The van der Waals surface area contributed by atoms with Crippen molar-refractivity contribution in [1.82, 2.24) is 10.2 Å². The van der Waals surface area contributed by atoms with Crippen LogP contribution in [0.25, 0.3) is 0 Å². The molecule has 0 aliphatic carbocycles. The van der Waals surface area contributed by atoms with Crippen LogP contribution in [-0.2, 0) is 9.59 Å². The maximum Gasteiger partial charge on any atom is 0.242 e. The summed E-state index contributed by atoms with van der Waals surface area (Å²) in [5.41, 5.74) is 0. The van der Waals surface area contributed by atoms with Crippen LogP contribution < -0.4 is 5.32 Å². The minimum atomic E-state index is -0.223. The van der Waals surface area contributed by atoms with Crippen molar-refractivity contribution in [2.24, 2.45) is 0 Å². The van der Waals surface area contributed by atoms with E-state index < -0.39 is 0 Å². The van der Waals surface area contributed by atoms with E-state index in [0.717, 1.165) is 19.4 Å². The summed E-state index contributed by atoms with van der Waals surface area (Å²) in [5, 5.41) is 2.80. The van der Waals surface area contributed by atoms with Gasteiger partial charge in [-0.15, -0.1) is 0 Å². The molecular formula is C9H13BrN2O2. The van der Waals surface area contributed by atoms with Gasteiger partial charge in [0.05, 0.1) is 0 Å². The third kappa shape index (κ3) is 1.78. The number of nitrogens with one attached hydrogen (secondary N) is 1. The summed E-state index contributed by atoms with van der Waals surface area (Å²) in [6.07, 6.45) is 2.29. The number of hydrogen-bond acceptors (Lipinski definition) is 2. The second kappa shape index (κ2) is 3.88. The van der Waals surface area contributed by atoms with Gasteiger partial charge in [0, 0.05) is 24.3 Å². The highest BCUT2D eigenvalue weighted by Crippen LogP contribution is 2.23. The van der Waals surface area contributed by atoms with Gasteiger partial charge in [-0.25, -0.2) is 0 Å². The van der Waals surface area contributed by atoms with Gasteiger partial charge in [0.25, 0.3) is 0 Å². The molecule has 4 nitrogen and oxygen atoms in total. The Morgan fingerprint density at radius 2 is 2.21 bits per heavy atom. The van der Waals surface area contributed by atoms with Crippen LogP contribution in [0.1, 0.15) is 19.3 Å². The Morgan fingerprint density at radius 3 is 2.79 bits per heavy atom. The van der Waals surface area contributed by atoms with E-state index in [1.807, 2.05) is 0 Å². The highest BCUT2D eigenvalue weighted by molar-refractivity contribution is 9.09. The monoisotopic (exact) mass is 260 g/mol. The van der Waals surface area contributed by atoms with E-state index in [1.165, 1.54) is 0 Å². The highest BCUT2D eigenvalue weighted by atomic mass is 79.9. The summed E-state index contributed by atoms with van der Waals surface area (Å²) < 4.78 is 0. The van der Waals surface area contributed by atoms with Gasteiger partial charge in [0.15, 0.2) is 0 Å². The lowest BCUT2D eigenvalue weighted by Gasteiger charge is -2.30. The van der Waals surface area contributed by atoms with Crippen LogP contribution in [0.15, 0.2) is 0 Å². The maximum atomic E-state index is 11.5. The number of halogens is 1. The molecule has 2 aliphatic rings. The Kier molecular flexibility index (Phi) is 2.76. The fraction of sp³-hybridized carbons (Fsp3) is 0.778. The number of alkyl halides is 1. The van der Waals surface area contributed by atoms with Gasteiger partial charge in [-0.05, 0) is 12.8 Å². The molecule has 2 saturated heterocycles. The van der Waals surface area contributed by atoms with Crippen molar-refractivity contribution in [3.8, 4) is 0 Å². The first-order chi connectivity index (χ1) is 6.68. The molecule has 2 heterocycles. The van der Waals surface area contributed by atoms with Crippen LogP contribution in [0.3, 0.4) is 0 Å². The number of nitrogens with zero attached hydrogens (tertiary/aromatic N) is 1. The molecule has 2 unspecified atom stereocenters. The summed E-state index contributed by atoms with van der Waals surface area (Å²) in [6, 6.07) is -0.223. The Hall–Kier alpha value is -0.580. The molecule has 0 aromatic carbocycles. The Labute approximate surface area is 91.1 Å². The number of rotatable bonds is 1. The van der Waals surface area contributed by atoms with Crippen molar-refractivity contribution in [1.29, 1.82) is 0 Å². The Balaban J connectivity index is 2.06. The molecule has 0 aromatic heterocycles. The lowest BCUT2D eigenvalue weighted by Crippen LogP contribution is -2.51. The highest BCUT2D eigenvalue weighted by Gasteiger charge is 2.37. The summed E-state index contributed by atoms with van der Waals surface area (Å²) in [5.74, 6) is 0.0973. The zero-order valence-corrected chi connectivity index (χ0v) is 9.42. The van der Waals surface area contributed by atoms with Gasteiger partial charge in [0.1, 0.15) is 6.04 Å². The third-order valence-corrected chi connectivity index (χ3v) is 3.36. The van der Waals surface area contributed by atoms with Crippen molar-refractivity contribution in [3.05, 3.63) is 0 Å². The van der Waals surface area contributed by atoms with E-state index in [-0.39, 0.29) is 22.7 Å². The molecule has 0 bridgehead atoms. The van der Waals surface area contributed by atoms with Crippen molar-refractivity contribution < 1.29 is 9.59 Å². The first-order valence-corrected chi connectivity index (χ1v) is 5.81. The van der Waals surface area contributed by atoms with E-state index in [9.17, 15) is 9.59 Å². The first-order valence-electron chi connectivity index (χ1n) is 4.90. The van der Waals surface area contributed by atoms with Crippen LogP contribution in [0.4, 0.5) is 0 Å². The Morgan fingerprint density at radius 1 is 1.43 bits per heavy atom. The van der Waals surface area contributed by atoms with E-state index in [2.05, 4.69) is 21.2 Å². The van der Waals surface area contributed by atoms with Gasteiger partial charge in [-0.2, -0.15) is 0 Å². The van der Waals surface area contributed by atoms with Crippen molar-refractivity contribution in [2.45, 2.75) is 30.1 Å². The molecule has 14 heavy (non-hydrogen) atoms. The van der Waals surface area contributed by atoms with Gasteiger partial charge in [-0.1, -0.05) is 15.9 Å². The standard InChI is InChI=1S/C9H13BrN2O2/c10-6-4-8(13)12(5-6)7-2-1-3-11-9(7)14/h6-7H,1-5H2,(H,11,14). The third-order valence-electron chi connectivity index (χ3n) is 2.74. The van der Waals surface area contributed by atoms with E-state index >= 15 is 0 Å². The SMILES string of the molecule is O=C1NCCCC1N1CC(Br)CC1=O. The first kappa shape index (κ1) is 9.96. The van der Waals surface area contributed by atoms with Crippen LogP contribution in [0, 0.1) is 0 Å².